The molecule has 0 aliphatic rings. The fourth-order valence-corrected chi connectivity index (χ4v) is 2.01. The predicted molar refractivity (Wildman–Crippen MR) is 91.7 cm³/mol. The number of amides is 1. The summed E-state index contributed by atoms with van der Waals surface area (Å²) in [5.74, 6) is -1.11. The van der Waals surface area contributed by atoms with Crippen molar-refractivity contribution in [1.82, 2.24) is 0 Å². The predicted octanol–water partition coefficient (Wildman–Crippen LogP) is 2.31. The van der Waals surface area contributed by atoms with Crippen molar-refractivity contribution in [3.63, 3.8) is 0 Å². The third kappa shape index (κ3) is 5.22. The lowest BCUT2D eigenvalue weighted by molar-refractivity contribution is -0.394. The fraction of sp³-hybridized carbons (Fsp3) is 0.125. The molecule has 0 heterocycles. The van der Waals surface area contributed by atoms with Crippen molar-refractivity contribution >= 4 is 28.9 Å². The van der Waals surface area contributed by atoms with Gasteiger partial charge in [0, 0.05) is 23.9 Å². The average Bonchev–Trinajstić information content (AvgIpc) is 2.65. The summed E-state index contributed by atoms with van der Waals surface area (Å²) in [7, 11) is 1.21. The Kier molecular flexibility index (Phi) is 5.99. The Labute approximate surface area is 151 Å². The maximum Gasteiger partial charge on any atom is 0.343 e. The highest BCUT2D eigenvalue weighted by Crippen LogP contribution is 2.24. The molecule has 0 atom stereocenters. The molecule has 0 aliphatic heterocycles. The van der Waals surface area contributed by atoms with Crippen LogP contribution in [0.15, 0.2) is 42.5 Å². The topological polar surface area (TPSA) is 151 Å². The largest absolute Gasteiger partial charge is 0.482 e. The molecular weight excluding hydrogens is 362 g/mol. The molecule has 0 radical (unpaired) electrons. The minimum Gasteiger partial charge on any atom is -0.482 e. The summed E-state index contributed by atoms with van der Waals surface area (Å²) in [6, 6.07) is 8.62. The third-order valence-corrected chi connectivity index (χ3v) is 3.26. The number of anilines is 1. The molecule has 0 bridgehead atoms. The van der Waals surface area contributed by atoms with E-state index in [0.717, 1.165) is 18.2 Å². The summed E-state index contributed by atoms with van der Waals surface area (Å²) in [5, 5.41) is 24.3. The number of esters is 1. The highest BCUT2D eigenvalue weighted by molar-refractivity contribution is 6.05. The number of rotatable bonds is 7. The summed E-state index contributed by atoms with van der Waals surface area (Å²) in [5.41, 5.74) is -1.15. The van der Waals surface area contributed by atoms with Gasteiger partial charge in [-0.1, -0.05) is 6.07 Å². The van der Waals surface area contributed by atoms with Gasteiger partial charge < -0.3 is 14.8 Å². The molecule has 0 spiro atoms. The van der Waals surface area contributed by atoms with Crippen LogP contribution in [0.5, 0.6) is 5.75 Å². The molecule has 0 saturated carbocycles. The molecular formula is C16H13N3O8. The van der Waals surface area contributed by atoms with Crippen LogP contribution in [-0.2, 0) is 9.53 Å². The fourth-order valence-electron chi connectivity index (χ4n) is 2.01. The number of hydrogen-bond acceptors (Lipinski definition) is 8. The van der Waals surface area contributed by atoms with Crippen molar-refractivity contribution in [2.75, 3.05) is 19.0 Å². The Morgan fingerprint density at radius 3 is 2.22 bits per heavy atom. The van der Waals surface area contributed by atoms with Crippen LogP contribution in [-0.4, -0.2) is 35.4 Å². The molecule has 27 heavy (non-hydrogen) atoms. The number of nitrogens with one attached hydrogen (secondary N) is 1. The van der Waals surface area contributed by atoms with Crippen LogP contribution in [0, 0.1) is 20.2 Å². The van der Waals surface area contributed by atoms with Gasteiger partial charge in [-0.25, -0.2) is 4.79 Å². The molecule has 1 N–H and O–H groups in total. The lowest BCUT2D eigenvalue weighted by Gasteiger charge is -2.08. The maximum absolute atomic E-state index is 12.3. The molecule has 2 aromatic rings. The number of nitrogens with zero attached hydrogens (tertiary/aromatic N) is 2. The molecule has 0 aromatic heterocycles. The van der Waals surface area contributed by atoms with Crippen molar-refractivity contribution in [3.05, 3.63) is 68.3 Å². The minimum absolute atomic E-state index is 0.253. The maximum atomic E-state index is 12.3. The number of carbonyl (C=O) groups excluding carboxylic acids is 2. The van der Waals surface area contributed by atoms with E-state index in [4.69, 9.17) is 4.74 Å². The Morgan fingerprint density at radius 2 is 1.67 bits per heavy atom. The van der Waals surface area contributed by atoms with Crippen molar-refractivity contribution in [2.45, 2.75) is 0 Å². The third-order valence-electron chi connectivity index (χ3n) is 3.26. The monoisotopic (exact) mass is 375 g/mol. The van der Waals surface area contributed by atoms with Gasteiger partial charge in [0.1, 0.15) is 5.75 Å². The first-order valence-electron chi connectivity index (χ1n) is 7.35. The Bertz CT molecular complexity index is 880. The Morgan fingerprint density at radius 1 is 1.04 bits per heavy atom. The zero-order valence-electron chi connectivity index (χ0n) is 13.9. The number of non-ortho nitro benzene ring substituents is 2. The van der Waals surface area contributed by atoms with Gasteiger partial charge >= 0.3 is 5.97 Å². The Balaban J connectivity index is 2.21. The van der Waals surface area contributed by atoms with Crippen LogP contribution in [0.2, 0.25) is 0 Å². The lowest BCUT2D eigenvalue weighted by atomic mass is 10.1. The van der Waals surface area contributed by atoms with Crippen LogP contribution in [0.3, 0.4) is 0 Å². The van der Waals surface area contributed by atoms with E-state index in [0.29, 0.717) is 0 Å². The van der Waals surface area contributed by atoms with Crippen LogP contribution >= 0.6 is 0 Å². The summed E-state index contributed by atoms with van der Waals surface area (Å²) in [6.45, 7) is -0.328. The van der Waals surface area contributed by atoms with E-state index in [1.165, 1.54) is 31.4 Å². The number of ether oxygens (including phenoxy) is 2. The van der Waals surface area contributed by atoms with E-state index in [-0.39, 0.29) is 23.6 Å². The molecule has 11 heteroatoms. The van der Waals surface area contributed by atoms with Crippen molar-refractivity contribution < 1.29 is 28.9 Å². The van der Waals surface area contributed by atoms with E-state index in [1.54, 1.807) is 0 Å². The summed E-state index contributed by atoms with van der Waals surface area (Å²) >= 11 is 0. The lowest BCUT2D eigenvalue weighted by Crippen LogP contribution is -2.14. The highest BCUT2D eigenvalue weighted by atomic mass is 16.6. The van der Waals surface area contributed by atoms with Gasteiger partial charge in [-0.05, 0) is 12.1 Å². The van der Waals surface area contributed by atoms with E-state index in [1.807, 2.05) is 0 Å². The summed E-state index contributed by atoms with van der Waals surface area (Å²) in [6.07, 6.45) is 0. The van der Waals surface area contributed by atoms with Gasteiger partial charge in [-0.2, -0.15) is 0 Å². The molecule has 0 fully saturated rings. The van der Waals surface area contributed by atoms with Crippen molar-refractivity contribution in [2.24, 2.45) is 0 Å². The minimum atomic E-state index is -0.828. The molecule has 2 rings (SSSR count). The van der Waals surface area contributed by atoms with Crippen LogP contribution in [0.25, 0.3) is 0 Å². The van der Waals surface area contributed by atoms with Crippen LogP contribution in [0.1, 0.15) is 10.4 Å². The summed E-state index contributed by atoms with van der Waals surface area (Å²) < 4.78 is 9.63. The van der Waals surface area contributed by atoms with Gasteiger partial charge in [0.15, 0.2) is 6.61 Å². The highest BCUT2D eigenvalue weighted by Gasteiger charge is 2.20. The smallest absolute Gasteiger partial charge is 0.343 e. The number of carbonyl (C=O) groups is 2. The first-order valence-corrected chi connectivity index (χ1v) is 7.35. The van der Waals surface area contributed by atoms with E-state index in [2.05, 4.69) is 10.1 Å². The average molecular weight is 375 g/mol. The van der Waals surface area contributed by atoms with E-state index < -0.39 is 33.1 Å². The molecule has 2 aromatic carbocycles. The summed E-state index contributed by atoms with van der Waals surface area (Å²) in [4.78, 5) is 43.5. The van der Waals surface area contributed by atoms with Gasteiger partial charge in [0.05, 0.1) is 28.6 Å². The molecule has 1 amide bonds. The van der Waals surface area contributed by atoms with Crippen LogP contribution in [0.4, 0.5) is 17.1 Å². The van der Waals surface area contributed by atoms with Gasteiger partial charge in [-0.15, -0.1) is 0 Å². The normalized spacial score (nSPS) is 9.96. The number of methoxy groups -OCH3 is 1. The van der Waals surface area contributed by atoms with Crippen LogP contribution < -0.4 is 10.1 Å². The van der Waals surface area contributed by atoms with Crippen molar-refractivity contribution in [3.8, 4) is 5.75 Å². The standard InChI is InChI=1S/C16H13N3O8/c1-26-15(20)9-27-14-4-2-3-11(7-14)17-16(21)10-5-12(18(22)23)8-13(6-10)19(24)25/h2-8H,9H2,1H3,(H,17,21). The molecule has 0 unspecified atom stereocenters. The first kappa shape index (κ1) is 19.3. The molecule has 0 saturated heterocycles. The number of nitro benzene ring substituents is 2. The van der Waals surface area contributed by atoms with Gasteiger partial charge in [0.25, 0.3) is 17.3 Å². The van der Waals surface area contributed by atoms with E-state index >= 15 is 0 Å². The quantitative estimate of drug-likeness (QED) is 0.440. The zero-order valence-corrected chi connectivity index (χ0v) is 13.9. The number of benzene rings is 2. The van der Waals surface area contributed by atoms with E-state index in [9.17, 15) is 29.8 Å². The SMILES string of the molecule is COC(=O)COc1cccc(NC(=O)c2cc([N+](=O)[O-])cc([N+](=O)[O-])c2)c1. The zero-order chi connectivity index (χ0) is 20.0. The number of nitro groups is 2. The Hall–Kier alpha value is -4.02. The van der Waals surface area contributed by atoms with Gasteiger partial charge in [-0.3, -0.25) is 25.0 Å². The second kappa shape index (κ2) is 8.38. The molecule has 0 aliphatic carbocycles. The molecule has 11 nitrogen and oxygen atoms in total. The number of hydrogen-bond donors (Lipinski definition) is 1. The van der Waals surface area contributed by atoms with Gasteiger partial charge in [0.2, 0.25) is 0 Å². The first-order chi connectivity index (χ1) is 12.8. The molecule has 140 valence electrons. The second-order valence-corrected chi connectivity index (χ2v) is 5.10. The van der Waals surface area contributed by atoms with Crippen molar-refractivity contribution in [1.29, 1.82) is 0 Å². The second-order valence-electron chi connectivity index (χ2n) is 5.10.